The largest absolute Gasteiger partial charge is 0.508 e. The summed E-state index contributed by atoms with van der Waals surface area (Å²) in [5.41, 5.74) is 7.66. The van der Waals surface area contributed by atoms with Crippen LogP contribution >= 0.6 is 0 Å². The lowest BCUT2D eigenvalue weighted by Crippen LogP contribution is -2.17. The third kappa shape index (κ3) is 6.28. The summed E-state index contributed by atoms with van der Waals surface area (Å²) in [5.74, 6) is -3.93. The van der Waals surface area contributed by atoms with Crippen LogP contribution in [0, 0.1) is 0 Å². The highest BCUT2D eigenvalue weighted by molar-refractivity contribution is 5.69. The Morgan fingerprint density at radius 2 is 0.750 bits per heavy atom. The van der Waals surface area contributed by atoms with E-state index in [2.05, 4.69) is 0 Å². The molecule has 8 aromatic carbocycles. The first-order chi connectivity index (χ1) is 32.8. The van der Waals surface area contributed by atoms with Crippen molar-refractivity contribution in [2.24, 2.45) is 0 Å². The maximum absolute atomic E-state index is 12.3. The number of hydrogen-bond acceptors (Lipinski definition) is 12. The predicted octanol–water partition coefficient (Wildman–Crippen LogP) is 10.2. The summed E-state index contributed by atoms with van der Waals surface area (Å²) < 4.78 is 13.3. The molecular weight excluding hydrogens is 865 g/mol. The van der Waals surface area contributed by atoms with Gasteiger partial charge < -0.3 is 60.5 Å². The van der Waals surface area contributed by atoms with Gasteiger partial charge in [-0.15, -0.1) is 0 Å². The third-order valence-corrected chi connectivity index (χ3v) is 14.4. The SMILES string of the molecule is Oc1ccc([C@H]2c3c(O)cc(O)cc3[C@H]3c4c(cc(O)cc4[C@@H]2c2cc([C@@H]4Cc5cc(O)cc6c5[C@H](c5cc(O)cc(O)c54)[C@@H](c4ccc(O)cc4)O6)ccc2O)O[C@@H]3c2ccc(O)cc2)cc1. The van der Waals surface area contributed by atoms with Crippen molar-refractivity contribution in [2.75, 3.05) is 0 Å². The van der Waals surface area contributed by atoms with E-state index >= 15 is 0 Å². The van der Waals surface area contributed by atoms with Gasteiger partial charge in [-0.3, -0.25) is 0 Å². The molecule has 0 radical (unpaired) electrons. The van der Waals surface area contributed by atoms with E-state index in [9.17, 15) is 51.1 Å². The summed E-state index contributed by atoms with van der Waals surface area (Å²) >= 11 is 0. The van der Waals surface area contributed by atoms with E-state index in [1.165, 1.54) is 30.3 Å². The van der Waals surface area contributed by atoms with Gasteiger partial charge in [0, 0.05) is 69.8 Å². The van der Waals surface area contributed by atoms with Crippen LogP contribution in [0.4, 0.5) is 0 Å². The molecule has 0 saturated heterocycles. The van der Waals surface area contributed by atoms with Crippen LogP contribution < -0.4 is 9.47 Å². The Morgan fingerprint density at radius 1 is 0.309 bits per heavy atom. The summed E-state index contributed by atoms with van der Waals surface area (Å²) in [7, 11) is 0. The lowest BCUT2D eigenvalue weighted by molar-refractivity contribution is 0.221. The first-order valence-corrected chi connectivity index (χ1v) is 22.2. The Kier molecular flexibility index (Phi) is 8.97. The highest BCUT2D eigenvalue weighted by atomic mass is 16.5. The number of aromatic hydroxyl groups is 10. The van der Waals surface area contributed by atoms with Gasteiger partial charge in [0.1, 0.15) is 81.2 Å². The minimum absolute atomic E-state index is 0.00380. The molecule has 2 heterocycles. The zero-order chi connectivity index (χ0) is 46.9. The highest BCUT2D eigenvalue weighted by Crippen LogP contribution is 2.64. The van der Waals surface area contributed by atoms with E-state index in [4.69, 9.17) is 9.47 Å². The second-order valence-electron chi connectivity index (χ2n) is 18.2. The molecule has 338 valence electrons. The molecule has 0 saturated carbocycles. The van der Waals surface area contributed by atoms with Crippen molar-refractivity contribution in [3.05, 3.63) is 212 Å². The first-order valence-electron chi connectivity index (χ1n) is 22.2. The van der Waals surface area contributed by atoms with Crippen LogP contribution in [-0.4, -0.2) is 51.1 Å². The van der Waals surface area contributed by atoms with Gasteiger partial charge in [-0.25, -0.2) is 0 Å². The van der Waals surface area contributed by atoms with Crippen LogP contribution in [0.25, 0.3) is 0 Å². The van der Waals surface area contributed by atoms with Crippen LogP contribution in [0.15, 0.2) is 140 Å². The molecule has 2 aliphatic heterocycles. The maximum atomic E-state index is 12.3. The molecule has 7 atom stereocenters. The van der Waals surface area contributed by atoms with E-state index in [-0.39, 0.29) is 63.9 Å². The molecule has 0 bridgehead atoms. The molecule has 8 aromatic rings. The zero-order valence-corrected chi connectivity index (χ0v) is 35.8. The van der Waals surface area contributed by atoms with E-state index in [1.54, 1.807) is 103 Å². The van der Waals surface area contributed by atoms with E-state index in [1.807, 2.05) is 6.07 Å². The first kappa shape index (κ1) is 40.8. The number of ether oxygens (including phenoxy) is 2. The number of phenols is 10. The van der Waals surface area contributed by atoms with Gasteiger partial charge in [-0.05, 0) is 118 Å². The third-order valence-electron chi connectivity index (χ3n) is 14.4. The van der Waals surface area contributed by atoms with Crippen LogP contribution in [0.2, 0.25) is 0 Å². The van der Waals surface area contributed by atoms with Gasteiger partial charge in [-0.2, -0.15) is 0 Å². The van der Waals surface area contributed by atoms with Crippen LogP contribution in [-0.2, 0) is 6.42 Å². The lowest BCUT2D eigenvalue weighted by atomic mass is 9.72. The number of rotatable bonds is 5. The van der Waals surface area contributed by atoms with Crippen LogP contribution in [0.1, 0.15) is 114 Å². The van der Waals surface area contributed by atoms with Crippen molar-refractivity contribution in [3.63, 3.8) is 0 Å². The maximum Gasteiger partial charge on any atom is 0.135 e. The van der Waals surface area contributed by atoms with Crippen LogP contribution in [0.3, 0.4) is 0 Å². The molecule has 0 unspecified atom stereocenters. The summed E-state index contributed by atoms with van der Waals surface area (Å²) in [6, 6.07) is 37.0. The van der Waals surface area contributed by atoms with Crippen molar-refractivity contribution < 1.29 is 60.5 Å². The Labute approximate surface area is 388 Å². The molecule has 4 aliphatic rings. The fourth-order valence-corrected chi connectivity index (χ4v) is 11.7. The van der Waals surface area contributed by atoms with Gasteiger partial charge in [0.15, 0.2) is 0 Å². The molecule has 0 spiro atoms. The summed E-state index contributed by atoms with van der Waals surface area (Å²) in [5, 5.41) is 113. The molecule has 12 nitrogen and oxygen atoms in total. The summed E-state index contributed by atoms with van der Waals surface area (Å²) in [6.07, 6.45) is -1.22. The van der Waals surface area contributed by atoms with Gasteiger partial charge >= 0.3 is 0 Å². The monoisotopic (exact) mass is 906 g/mol. The fraction of sp³-hybridized carbons (Fsp3) is 0.143. The Bertz CT molecular complexity index is 3370. The van der Waals surface area contributed by atoms with Crippen molar-refractivity contribution >= 4 is 0 Å². The van der Waals surface area contributed by atoms with Gasteiger partial charge in [0.25, 0.3) is 0 Å². The molecular formula is C56H42O12. The minimum Gasteiger partial charge on any atom is -0.508 e. The number of benzene rings is 8. The zero-order valence-electron chi connectivity index (χ0n) is 35.8. The van der Waals surface area contributed by atoms with E-state index in [0.29, 0.717) is 72.7 Å². The Hall–Kier alpha value is -8.64. The van der Waals surface area contributed by atoms with Crippen molar-refractivity contribution in [3.8, 4) is 69.0 Å². The van der Waals surface area contributed by atoms with Crippen LogP contribution in [0.5, 0.6) is 69.0 Å². The Balaban J connectivity index is 1.11. The quantitative estimate of drug-likeness (QED) is 0.0780. The lowest BCUT2D eigenvalue weighted by Gasteiger charge is -2.32. The molecule has 68 heavy (non-hydrogen) atoms. The molecule has 10 N–H and O–H groups in total. The molecule has 12 rings (SSSR count). The number of hydrogen-bond donors (Lipinski definition) is 10. The number of phenolic OH excluding ortho intramolecular Hbond substituents is 10. The van der Waals surface area contributed by atoms with Gasteiger partial charge in [-0.1, -0.05) is 48.5 Å². The average molecular weight is 907 g/mol. The molecule has 0 fully saturated rings. The average Bonchev–Trinajstić information content (AvgIpc) is 3.79. The van der Waals surface area contributed by atoms with E-state index < -0.39 is 41.8 Å². The smallest absolute Gasteiger partial charge is 0.135 e. The topological polar surface area (TPSA) is 221 Å². The summed E-state index contributed by atoms with van der Waals surface area (Å²) in [4.78, 5) is 0. The van der Waals surface area contributed by atoms with Gasteiger partial charge in [0.2, 0.25) is 0 Å². The van der Waals surface area contributed by atoms with Crippen molar-refractivity contribution in [2.45, 2.75) is 48.2 Å². The molecule has 0 aromatic heterocycles. The van der Waals surface area contributed by atoms with Crippen molar-refractivity contribution in [1.29, 1.82) is 0 Å². The second-order valence-corrected chi connectivity index (χ2v) is 18.2. The molecule has 12 heteroatoms. The molecule has 2 aliphatic carbocycles. The second kappa shape index (κ2) is 14.9. The Morgan fingerprint density at radius 3 is 1.32 bits per heavy atom. The fourth-order valence-electron chi connectivity index (χ4n) is 11.7. The standard InChI is InChI=1S/C56H42O12/c57-30-8-1-25(2-9-30)48-50(40-20-36(63)24-46-52(40)54(41-19-35(62)22-44(66)51(41)48)56(68-46)27-5-12-32(59)13-6-27)38-16-28(7-14-42(38)64)37-17-29-15-33(60)23-45-47(29)53(39-18-34(61)21-43(65)49(37)39)55(67-45)26-3-10-31(58)11-4-26/h1-16,18-24,37,48,50,53-66H,17H2/t37-,48+,50-,53-,54-,55+,56+/m0/s1. The van der Waals surface area contributed by atoms with Crippen molar-refractivity contribution in [1.82, 2.24) is 0 Å². The normalized spacial score (nSPS) is 21.6. The number of fused-ring (bicyclic) bond motifs is 4. The predicted molar refractivity (Wildman–Crippen MR) is 248 cm³/mol. The highest BCUT2D eigenvalue weighted by Gasteiger charge is 2.49. The minimum atomic E-state index is -0.915. The van der Waals surface area contributed by atoms with Gasteiger partial charge in [0.05, 0.1) is 11.8 Å². The molecule has 0 amide bonds. The van der Waals surface area contributed by atoms with E-state index in [0.717, 1.165) is 11.1 Å². The summed E-state index contributed by atoms with van der Waals surface area (Å²) in [6.45, 7) is 0.